The van der Waals surface area contributed by atoms with Crippen LogP contribution in [0, 0.1) is 22.7 Å². The summed E-state index contributed by atoms with van der Waals surface area (Å²) < 4.78 is 0. The van der Waals surface area contributed by atoms with Crippen molar-refractivity contribution in [1.29, 1.82) is 0 Å². The van der Waals surface area contributed by atoms with Gasteiger partial charge in [-0.05, 0) is 23.7 Å². The summed E-state index contributed by atoms with van der Waals surface area (Å²) in [4.78, 5) is 35.4. The summed E-state index contributed by atoms with van der Waals surface area (Å²) in [5, 5.41) is 5.40. The zero-order valence-corrected chi connectivity index (χ0v) is 15.9. The SMILES string of the molecule is CC(C)CC(C)(C)C(C)(C)C(=O)NC(C(=O)NCC=O)C(C)C. The van der Waals surface area contributed by atoms with Crippen molar-refractivity contribution in [1.82, 2.24) is 10.6 Å². The Labute approximate surface area is 141 Å². The van der Waals surface area contributed by atoms with Crippen molar-refractivity contribution in [2.24, 2.45) is 22.7 Å². The minimum Gasteiger partial charge on any atom is -0.348 e. The predicted molar refractivity (Wildman–Crippen MR) is 92.9 cm³/mol. The van der Waals surface area contributed by atoms with E-state index in [-0.39, 0.29) is 29.7 Å². The molecule has 0 fully saturated rings. The van der Waals surface area contributed by atoms with Gasteiger partial charge in [0.15, 0.2) is 0 Å². The van der Waals surface area contributed by atoms with Gasteiger partial charge >= 0.3 is 0 Å². The van der Waals surface area contributed by atoms with Gasteiger partial charge in [-0.1, -0.05) is 55.4 Å². The van der Waals surface area contributed by atoms with Gasteiger partial charge in [0.05, 0.1) is 6.54 Å². The van der Waals surface area contributed by atoms with E-state index in [0.717, 1.165) is 6.42 Å². The first-order valence-electron chi connectivity index (χ1n) is 8.39. The number of rotatable bonds is 9. The van der Waals surface area contributed by atoms with Crippen LogP contribution in [0.25, 0.3) is 0 Å². The molecule has 1 atom stereocenters. The largest absolute Gasteiger partial charge is 0.348 e. The van der Waals surface area contributed by atoms with Gasteiger partial charge in [0, 0.05) is 5.41 Å². The maximum absolute atomic E-state index is 12.8. The summed E-state index contributed by atoms with van der Waals surface area (Å²) in [5.41, 5.74) is -0.818. The van der Waals surface area contributed by atoms with Crippen LogP contribution in [0.15, 0.2) is 0 Å². The Morgan fingerprint density at radius 1 is 1.04 bits per heavy atom. The lowest BCUT2D eigenvalue weighted by Gasteiger charge is -2.42. The molecule has 0 heterocycles. The second kappa shape index (κ2) is 8.46. The van der Waals surface area contributed by atoms with E-state index in [9.17, 15) is 14.4 Å². The second-order valence-corrected chi connectivity index (χ2v) is 8.21. The maximum atomic E-state index is 12.8. The molecule has 0 aromatic heterocycles. The molecule has 2 N–H and O–H groups in total. The number of nitrogens with one attached hydrogen (secondary N) is 2. The molecule has 2 amide bonds. The standard InChI is InChI=1S/C18H34N2O3/c1-12(2)11-17(5,6)18(7,8)16(23)20-14(13(3)4)15(22)19-9-10-21/h10,12-14H,9,11H2,1-8H3,(H,19,22)(H,20,23). The van der Waals surface area contributed by atoms with Gasteiger partial charge in [0.2, 0.25) is 11.8 Å². The van der Waals surface area contributed by atoms with Gasteiger partial charge in [0.1, 0.15) is 12.3 Å². The van der Waals surface area contributed by atoms with Crippen LogP contribution in [0.4, 0.5) is 0 Å². The van der Waals surface area contributed by atoms with Crippen LogP contribution < -0.4 is 10.6 Å². The molecule has 0 saturated heterocycles. The lowest BCUT2D eigenvalue weighted by molar-refractivity contribution is -0.140. The molecule has 0 bridgehead atoms. The summed E-state index contributed by atoms with van der Waals surface area (Å²) in [7, 11) is 0. The lowest BCUT2D eigenvalue weighted by Crippen LogP contribution is -2.55. The minimum absolute atomic E-state index is 0.0415. The van der Waals surface area contributed by atoms with E-state index in [1.807, 2.05) is 27.7 Å². The van der Waals surface area contributed by atoms with Crippen LogP contribution in [0.2, 0.25) is 0 Å². The minimum atomic E-state index is -0.642. The number of aldehydes is 1. The first kappa shape index (κ1) is 21.6. The van der Waals surface area contributed by atoms with E-state index in [4.69, 9.17) is 0 Å². The van der Waals surface area contributed by atoms with Crippen LogP contribution in [-0.2, 0) is 14.4 Å². The van der Waals surface area contributed by atoms with Gasteiger partial charge in [0.25, 0.3) is 0 Å². The zero-order chi connectivity index (χ0) is 18.4. The summed E-state index contributed by atoms with van der Waals surface area (Å²) in [5.74, 6) is -0.0375. The number of carbonyl (C=O) groups excluding carboxylic acids is 3. The van der Waals surface area contributed by atoms with Gasteiger partial charge in [-0.15, -0.1) is 0 Å². The average Bonchev–Trinajstić information content (AvgIpc) is 2.39. The normalized spacial score (nSPS) is 13.8. The number of amides is 2. The highest BCUT2D eigenvalue weighted by atomic mass is 16.2. The fraction of sp³-hybridized carbons (Fsp3) is 0.833. The van der Waals surface area contributed by atoms with Crippen LogP contribution in [0.3, 0.4) is 0 Å². The number of carbonyl (C=O) groups is 3. The number of hydrogen-bond donors (Lipinski definition) is 2. The smallest absolute Gasteiger partial charge is 0.243 e. The van der Waals surface area contributed by atoms with Gasteiger partial charge in [-0.3, -0.25) is 9.59 Å². The quantitative estimate of drug-likeness (QED) is 0.639. The molecule has 0 spiro atoms. The molecule has 0 aliphatic carbocycles. The highest BCUT2D eigenvalue weighted by Crippen LogP contribution is 2.43. The van der Waals surface area contributed by atoms with E-state index in [1.165, 1.54) is 0 Å². The monoisotopic (exact) mass is 326 g/mol. The van der Waals surface area contributed by atoms with Crippen molar-refractivity contribution in [3.63, 3.8) is 0 Å². The van der Waals surface area contributed by atoms with Gasteiger partial charge in [-0.25, -0.2) is 0 Å². The molecule has 0 aliphatic rings. The average molecular weight is 326 g/mol. The summed E-state index contributed by atoms with van der Waals surface area (Å²) in [6, 6.07) is -0.642. The molecule has 0 aliphatic heterocycles. The molecule has 23 heavy (non-hydrogen) atoms. The Morgan fingerprint density at radius 2 is 1.57 bits per heavy atom. The molecular weight excluding hydrogens is 292 g/mol. The number of hydrogen-bond acceptors (Lipinski definition) is 3. The summed E-state index contributed by atoms with van der Waals surface area (Å²) >= 11 is 0. The highest BCUT2D eigenvalue weighted by Gasteiger charge is 2.44. The van der Waals surface area contributed by atoms with Crippen LogP contribution in [0.1, 0.15) is 61.8 Å². The molecule has 0 rings (SSSR count). The van der Waals surface area contributed by atoms with Crippen LogP contribution in [-0.4, -0.2) is 30.7 Å². The lowest BCUT2D eigenvalue weighted by atomic mass is 9.63. The fourth-order valence-corrected chi connectivity index (χ4v) is 2.69. The molecule has 5 heteroatoms. The van der Waals surface area contributed by atoms with Crippen LogP contribution in [0.5, 0.6) is 0 Å². The summed E-state index contributed by atoms with van der Waals surface area (Å²) in [6.45, 7) is 16.0. The van der Waals surface area contributed by atoms with Crippen molar-refractivity contribution in [3.05, 3.63) is 0 Å². The molecular formula is C18H34N2O3. The Bertz CT molecular complexity index is 426. The van der Waals surface area contributed by atoms with Crippen molar-refractivity contribution >= 4 is 18.1 Å². The Morgan fingerprint density at radius 3 is 1.96 bits per heavy atom. The molecule has 0 saturated carbocycles. The van der Waals surface area contributed by atoms with Gasteiger partial charge < -0.3 is 15.4 Å². The molecule has 134 valence electrons. The van der Waals surface area contributed by atoms with Crippen molar-refractivity contribution in [2.75, 3.05) is 6.54 Å². The fourth-order valence-electron chi connectivity index (χ4n) is 2.69. The topological polar surface area (TPSA) is 75.3 Å². The Balaban J connectivity index is 5.17. The van der Waals surface area contributed by atoms with E-state index in [1.54, 1.807) is 0 Å². The third kappa shape index (κ3) is 5.96. The third-order valence-corrected chi connectivity index (χ3v) is 4.77. The van der Waals surface area contributed by atoms with Crippen molar-refractivity contribution < 1.29 is 14.4 Å². The summed E-state index contributed by atoms with van der Waals surface area (Å²) in [6.07, 6.45) is 1.55. The second-order valence-electron chi connectivity index (χ2n) is 8.21. The van der Waals surface area contributed by atoms with Crippen LogP contribution >= 0.6 is 0 Å². The predicted octanol–water partition coefficient (Wildman–Crippen LogP) is 2.54. The highest BCUT2D eigenvalue weighted by molar-refractivity contribution is 5.91. The Kier molecular flexibility index (Phi) is 7.95. The molecule has 0 radical (unpaired) electrons. The first-order chi connectivity index (χ1) is 10.4. The van der Waals surface area contributed by atoms with E-state index in [2.05, 4.69) is 38.3 Å². The molecule has 5 nitrogen and oxygen atoms in total. The molecule has 0 aromatic carbocycles. The molecule has 1 unspecified atom stereocenters. The first-order valence-corrected chi connectivity index (χ1v) is 8.39. The van der Waals surface area contributed by atoms with Crippen molar-refractivity contribution in [2.45, 2.75) is 67.9 Å². The maximum Gasteiger partial charge on any atom is 0.243 e. The third-order valence-electron chi connectivity index (χ3n) is 4.77. The Hall–Kier alpha value is -1.39. The van der Waals surface area contributed by atoms with E-state index >= 15 is 0 Å². The van der Waals surface area contributed by atoms with E-state index < -0.39 is 11.5 Å². The van der Waals surface area contributed by atoms with Gasteiger partial charge in [-0.2, -0.15) is 0 Å². The zero-order valence-electron chi connectivity index (χ0n) is 15.9. The van der Waals surface area contributed by atoms with E-state index in [0.29, 0.717) is 12.2 Å². The van der Waals surface area contributed by atoms with Crippen molar-refractivity contribution in [3.8, 4) is 0 Å². The molecule has 0 aromatic rings.